The van der Waals surface area contributed by atoms with E-state index in [0.29, 0.717) is 6.42 Å². The van der Waals surface area contributed by atoms with Crippen molar-refractivity contribution in [2.75, 3.05) is 5.32 Å². The first-order valence-corrected chi connectivity index (χ1v) is 10.5. The molecule has 2 atom stereocenters. The van der Waals surface area contributed by atoms with Crippen molar-refractivity contribution in [2.24, 2.45) is 11.8 Å². The van der Waals surface area contributed by atoms with Crippen LogP contribution in [0.1, 0.15) is 27.9 Å². The second-order valence-corrected chi connectivity index (χ2v) is 7.87. The van der Waals surface area contributed by atoms with Gasteiger partial charge in [-0.3, -0.25) is 9.59 Å². The zero-order valence-electron chi connectivity index (χ0n) is 17.8. The molecule has 3 rings (SSSR count). The fraction of sp³-hybridized carbons (Fsp3) is 0.192. The quantitative estimate of drug-likeness (QED) is 0.345. The smallest absolute Gasteiger partial charge is 0.339 e. The van der Waals surface area contributed by atoms with Crippen LogP contribution < -0.4 is 5.32 Å². The molecule has 170 valence electrons. The van der Waals surface area contributed by atoms with Gasteiger partial charge in [0.15, 0.2) is 0 Å². The highest BCUT2D eigenvalue weighted by atomic mass is 16.4. The van der Waals surface area contributed by atoms with E-state index in [0.717, 1.165) is 11.1 Å². The molecule has 0 saturated heterocycles. The molecule has 0 bridgehead atoms. The standard InChI is InChI=1S/C26H25NO6/c28-23-12-11-21(16-22(23)26(32)33)27-24(29)19(13-17-7-3-1-4-8-17)15-20(25(30)31)14-18-9-5-2-6-10-18/h1-12,16,19-20,28H,13-15H2,(H,27,29)(H,30,31)(H,32,33)/t19-,20-/m1/s1. The molecular formula is C26H25NO6. The number of carboxylic acids is 2. The number of amides is 1. The number of hydrogen-bond donors (Lipinski definition) is 4. The van der Waals surface area contributed by atoms with Gasteiger partial charge in [-0.05, 0) is 48.6 Å². The minimum Gasteiger partial charge on any atom is -0.507 e. The Hall–Kier alpha value is -4.13. The summed E-state index contributed by atoms with van der Waals surface area (Å²) < 4.78 is 0. The van der Waals surface area contributed by atoms with Gasteiger partial charge in [-0.1, -0.05) is 60.7 Å². The fourth-order valence-electron chi connectivity index (χ4n) is 3.72. The summed E-state index contributed by atoms with van der Waals surface area (Å²) in [4.78, 5) is 36.5. The predicted octanol–water partition coefficient (Wildman–Crippen LogP) is 4.22. The number of carbonyl (C=O) groups is 3. The van der Waals surface area contributed by atoms with E-state index in [9.17, 15) is 29.7 Å². The van der Waals surface area contributed by atoms with E-state index in [4.69, 9.17) is 0 Å². The number of rotatable bonds is 10. The lowest BCUT2D eigenvalue weighted by atomic mass is 9.85. The number of phenols is 1. The molecule has 0 aliphatic carbocycles. The maximum atomic E-state index is 13.2. The Kier molecular flexibility index (Phi) is 7.81. The number of aromatic carboxylic acids is 1. The van der Waals surface area contributed by atoms with Gasteiger partial charge in [0.1, 0.15) is 11.3 Å². The number of carbonyl (C=O) groups excluding carboxylic acids is 1. The largest absolute Gasteiger partial charge is 0.507 e. The first-order chi connectivity index (χ1) is 15.8. The summed E-state index contributed by atoms with van der Waals surface area (Å²) in [7, 11) is 0. The Morgan fingerprint density at radius 1 is 0.758 bits per heavy atom. The number of aromatic hydroxyl groups is 1. The lowest BCUT2D eigenvalue weighted by molar-refractivity contribution is -0.142. The Bertz CT molecular complexity index is 1110. The minimum atomic E-state index is -1.32. The third kappa shape index (κ3) is 6.67. The van der Waals surface area contributed by atoms with Crippen molar-refractivity contribution < 1.29 is 29.7 Å². The summed E-state index contributed by atoms with van der Waals surface area (Å²) in [5, 5.41) is 31.4. The van der Waals surface area contributed by atoms with Gasteiger partial charge in [0.05, 0.1) is 5.92 Å². The minimum absolute atomic E-state index is 0.106. The molecule has 0 saturated carbocycles. The van der Waals surface area contributed by atoms with E-state index < -0.39 is 35.4 Å². The second-order valence-electron chi connectivity index (χ2n) is 7.87. The van der Waals surface area contributed by atoms with Crippen LogP contribution in [0.15, 0.2) is 78.9 Å². The molecule has 33 heavy (non-hydrogen) atoms. The Morgan fingerprint density at radius 3 is 1.82 bits per heavy atom. The van der Waals surface area contributed by atoms with Crippen LogP contribution in [0.4, 0.5) is 5.69 Å². The van der Waals surface area contributed by atoms with Gasteiger partial charge in [0.2, 0.25) is 5.91 Å². The lowest BCUT2D eigenvalue weighted by Gasteiger charge is -2.21. The van der Waals surface area contributed by atoms with Crippen molar-refractivity contribution in [2.45, 2.75) is 19.3 Å². The average molecular weight is 447 g/mol. The van der Waals surface area contributed by atoms with Crippen LogP contribution in [0.2, 0.25) is 0 Å². The maximum absolute atomic E-state index is 13.2. The van der Waals surface area contributed by atoms with E-state index in [-0.39, 0.29) is 24.1 Å². The molecule has 0 unspecified atom stereocenters. The molecule has 0 spiro atoms. The fourth-order valence-corrected chi connectivity index (χ4v) is 3.72. The SMILES string of the molecule is O=C(O)c1cc(NC(=O)[C@H](Cc2ccccc2)C[C@@H](Cc2ccccc2)C(=O)O)ccc1O. The zero-order chi connectivity index (χ0) is 23.8. The molecule has 0 aliphatic heterocycles. The van der Waals surface area contributed by atoms with E-state index in [1.807, 2.05) is 60.7 Å². The molecule has 7 nitrogen and oxygen atoms in total. The van der Waals surface area contributed by atoms with Crippen LogP contribution in [-0.4, -0.2) is 33.2 Å². The van der Waals surface area contributed by atoms with Crippen molar-refractivity contribution >= 4 is 23.5 Å². The molecule has 1 amide bonds. The lowest BCUT2D eigenvalue weighted by Crippen LogP contribution is -2.30. The number of carboxylic acid groups (broad SMARTS) is 2. The third-order valence-corrected chi connectivity index (χ3v) is 5.43. The summed E-state index contributed by atoms with van der Waals surface area (Å²) in [6, 6.07) is 22.3. The van der Waals surface area contributed by atoms with E-state index in [1.165, 1.54) is 18.2 Å². The molecule has 0 radical (unpaired) electrons. The summed E-state index contributed by atoms with van der Waals surface area (Å²) in [5.74, 6) is -4.57. The summed E-state index contributed by atoms with van der Waals surface area (Å²) in [6.45, 7) is 0. The van der Waals surface area contributed by atoms with Crippen LogP contribution >= 0.6 is 0 Å². The molecule has 3 aromatic carbocycles. The van der Waals surface area contributed by atoms with Crippen molar-refractivity contribution in [3.63, 3.8) is 0 Å². The third-order valence-electron chi connectivity index (χ3n) is 5.43. The molecule has 3 aromatic rings. The van der Waals surface area contributed by atoms with Crippen LogP contribution in [0.3, 0.4) is 0 Å². The van der Waals surface area contributed by atoms with Gasteiger partial charge >= 0.3 is 11.9 Å². The number of nitrogens with one attached hydrogen (secondary N) is 1. The zero-order valence-corrected chi connectivity index (χ0v) is 17.8. The maximum Gasteiger partial charge on any atom is 0.339 e. The summed E-state index contributed by atoms with van der Waals surface area (Å²) in [6.07, 6.45) is 0.723. The van der Waals surface area contributed by atoms with Gasteiger partial charge in [-0.25, -0.2) is 4.79 Å². The van der Waals surface area contributed by atoms with Gasteiger partial charge in [-0.15, -0.1) is 0 Å². The summed E-state index contributed by atoms with van der Waals surface area (Å²) >= 11 is 0. The highest BCUT2D eigenvalue weighted by Gasteiger charge is 2.28. The van der Waals surface area contributed by atoms with Crippen molar-refractivity contribution in [1.82, 2.24) is 0 Å². The predicted molar refractivity (Wildman–Crippen MR) is 123 cm³/mol. The monoisotopic (exact) mass is 447 g/mol. The van der Waals surface area contributed by atoms with Crippen LogP contribution in [0.25, 0.3) is 0 Å². The molecule has 0 aromatic heterocycles. The molecule has 0 aliphatic rings. The Morgan fingerprint density at radius 2 is 1.30 bits per heavy atom. The number of aliphatic carboxylic acids is 1. The van der Waals surface area contributed by atoms with Crippen LogP contribution in [-0.2, 0) is 22.4 Å². The average Bonchev–Trinajstić information content (AvgIpc) is 2.80. The van der Waals surface area contributed by atoms with E-state index in [1.54, 1.807) is 0 Å². The van der Waals surface area contributed by atoms with Crippen LogP contribution in [0, 0.1) is 11.8 Å². The number of benzene rings is 3. The Balaban J connectivity index is 1.83. The van der Waals surface area contributed by atoms with Crippen molar-refractivity contribution in [1.29, 1.82) is 0 Å². The molecule has 4 N–H and O–H groups in total. The first kappa shape index (κ1) is 23.5. The highest BCUT2D eigenvalue weighted by molar-refractivity contribution is 5.96. The molecule has 0 heterocycles. The van der Waals surface area contributed by atoms with Gasteiger partial charge in [-0.2, -0.15) is 0 Å². The topological polar surface area (TPSA) is 124 Å². The van der Waals surface area contributed by atoms with E-state index in [2.05, 4.69) is 5.32 Å². The normalized spacial score (nSPS) is 12.5. The highest BCUT2D eigenvalue weighted by Crippen LogP contribution is 2.25. The second kappa shape index (κ2) is 10.9. The van der Waals surface area contributed by atoms with Crippen molar-refractivity contribution in [3.8, 4) is 5.75 Å². The van der Waals surface area contributed by atoms with Gasteiger partial charge in [0, 0.05) is 11.6 Å². The molecule has 7 heteroatoms. The van der Waals surface area contributed by atoms with Crippen molar-refractivity contribution in [3.05, 3.63) is 95.6 Å². The number of hydrogen-bond acceptors (Lipinski definition) is 4. The molecular weight excluding hydrogens is 422 g/mol. The van der Waals surface area contributed by atoms with Gasteiger partial charge in [0.25, 0.3) is 0 Å². The summed E-state index contributed by atoms with van der Waals surface area (Å²) in [5.41, 5.74) is 1.63. The first-order valence-electron chi connectivity index (χ1n) is 10.5. The Labute approximate surface area is 191 Å². The van der Waals surface area contributed by atoms with Gasteiger partial charge < -0.3 is 20.6 Å². The van der Waals surface area contributed by atoms with E-state index >= 15 is 0 Å². The molecule has 0 fully saturated rings. The number of anilines is 1. The van der Waals surface area contributed by atoms with Crippen LogP contribution in [0.5, 0.6) is 5.75 Å².